The summed E-state index contributed by atoms with van der Waals surface area (Å²) in [5, 5.41) is 3.19. The highest BCUT2D eigenvalue weighted by molar-refractivity contribution is 5.80. The van der Waals surface area contributed by atoms with E-state index in [1.54, 1.807) is 6.20 Å². The monoisotopic (exact) mass is 435 g/mol. The van der Waals surface area contributed by atoms with Crippen molar-refractivity contribution in [2.24, 2.45) is 34.5 Å². The minimum Gasteiger partial charge on any atom is -0.350 e. The van der Waals surface area contributed by atoms with E-state index < -0.39 is 0 Å². The van der Waals surface area contributed by atoms with E-state index in [4.69, 9.17) is 0 Å². The van der Waals surface area contributed by atoms with Crippen LogP contribution in [0, 0.1) is 34.5 Å². The summed E-state index contributed by atoms with van der Waals surface area (Å²) in [5.74, 6) is 2.38. The fraction of sp³-hybridized carbons (Fsp3) is 0.667. The second kappa shape index (κ2) is 7.71. The van der Waals surface area contributed by atoms with Gasteiger partial charge in [0.05, 0.1) is 12.2 Å². The molecule has 1 aromatic heterocycles. The number of aromatic nitrogens is 1. The van der Waals surface area contributed by atoms with Crippen LogP contribution < -0.4 is 5.32 Å². The number of likely N-dealkylation sites (tertiary alicyclic amines) is 1. The number of pyridine rings is 1. The Morgan fingerprint density at radius 3 is 2.75 bits per heavy atom. The molecular formula is C27H37N3O2. The Kier molecular flexibility index (Phi) is 5.22. The molecule has 3 aliphatic carbocycles. The van der Waals surface area contributed by atoms with Crippen LogP contribution in [-0.4, -0.2) is 28.7 Å². The number of fused-ring (bicyclic) bond motifs is 5. The summed E-state index contributed by atoms with van der Waals surface area (Å²) < 4.78 is 0. The first-order chi connectivity index (χ1) is 15.3. The lowest BCUT2D eigenvalue weighted by Crippen LogP contribution is -2.55. The summed E-state index contributed by atoms with van der Waals surface area (Å²) in [6.07, 6.45) is 8.90. The second-order valence-electron chi connectivity index (χ2n) is 11.3. The Bertz CT molecular complexity index is 957. The molecule has 3 fully saturated rings. The average Bonchev–Trinajstić information content (AvgIpc) is 3.13. The van der Waals surface area contributed by atoms with E-state index >= 15 is 0 Å². The molecule has 172 valence electrons. The number of nitrogens with zero attached hydrogens (tertiary/aromatic N) is 2. The number of allylic oxidation sites excluding steroid dienone is 2. The average molecular weight is 436 g/mol. The Morgan fingerprint density at radius 1 is 1.19 bits per heavy atom. The van der Waals surface area contributed by atoms with Gasteiger partial charge in [-0.1, -0.05) is 25.5 Å². The molecule has 2 amide bonds. The molecule has 1 aliphatic heterocycles. The summed E-state index contributed by atoms with van der Waals surface area (Å²) in [6.45, 7) is 7.56. The molecule has 5 rings (SSSR count). The summed E-state index contributed by atoms with van der Waals surface area (Å²) in [7, 11) is 1.98. The molecule has 4 aliphatic rings. The third-order valence-electron chi connectivity index (χ3n) is 9.80. The van der Waals surface area contributed by atoms with Crippen LogP contribution in [0.25, 0.3) is 0 Å². The van der Waals surface area contributed by atoms with E-state index in [2.05, 4.69) is 31.1 Å². The van der Waals surface area contributed by atoms with E-state index in [9.17, 15) is 9.59 Å². The van der Waals surface area contributed by atoms with Gasteiger partial charge in [-0.2, -0.15) is 0 Å². The van der Waals surface area contributed by atoms with Crippen molar-refractivity contribution in [3.63, 3.8) is 0 Å². The predicted octanol–water partition coefficient (Wildman–Crippen LogP) is 4.69. The van der Waals surface area contributed by atoms with Crippen molar-refractivity contribution in [1.82, 2.24) is 15.2 Å². The van der Waals surface area contributed by atoms with Crippen LogP contribution in [0.5, 0.6) is 0 Å². The summed E-state index contributed by atoms with van der Waals surface area (Å²) >= 11 is 0. The van der Waals surface area contributed by atoms with Gasteiger partial charge in [-0.3, -0.25) is 14.6 Å². The molecule has 1 aromatic rings. The highest BCUT2D eigenvalue weighted by Gasteiger charge is 2.61. The zero-order valence-corrected chi connectivity index (χ0v) is 20.0. The van der Waals surface area contributed by atoms with Crippen LogP contribution in [0.1, 0.15) is 71.4 Å². The van der Waals surface area contributed by atoms with Gasteiger partial charge in [0, 0.05) is 36.7 Å². The largest absolute Gasteiger partial charge is 0.350 e. The van der Waals surface area contributed by atoms with Gasteiger partial charge in [0.15, 0.2) is 0 Å². The smallest absolute Gasteiger partial charge is 0.226 e. The Hall–Kier alpha value is -2.17. The Morgan fingerprint density at radius 2 is 2.00 bits per heavy atom. The lowest BCUT2D eigenvalue weighted by molar-refractivity contribution is -0.138. The second-order valence-corrected chi connectivity index (χ2v) is 11.3. The number of carbonyl (C=O) groups excluding carboxylic acids is 2. The van der Waals surface area contributed by atoms with Gasteiger partial charge in [0.1, 0.15) is 0 Å². The van der Waals surface area contributed by atoms with Gasteiger partial charge in [0.25, 0.3) is 0 Å². The highest BCUT2D eigenvalue weighted by Crippen LogP contribution is 2.66. The lowest BCUT2D eigenvalue weighted by atomic mass is 9.48. The van der Waals surface area contributed by atoms with Gasteiger partial charge >= 0.3 is 0 Å². The number of hydrogen-bond acceptors (Lipinski definition) is 3. The number of amides is 2. The Balaban J connectivity index is 1.37. The maximum absolute atomic E-state index is 13.3. The van der Waals surface area contributed by atoms with Crippen molar-refractivity contribution in [2.75, 3.05) is 7.05 Å². The summed E-state index contributed by atoms with van der Waals surface area (Å²) in [5.41, 5.74) is 3.78. The van der Waals surface area contributed by atoms with E-state index in [1.165, 1.54) is 11.3 Å². The molecule has 0 spiro atoms. The third kappa shape index (κ3) is 3.14. The van der Waals surface area contributed by atoms with Gasteiger partial charge in [-0.05, 0) is 80.8 Å². The van der Waals surface area contributed by atoms with Crippen molar-refractivity contribution in [3.8, 4) is 0 Å². The van der Waals surface area contributed by atoms with Crippen molar-refractivity contribution >= 4 is 11.8 Å². The van der Waals surface area contributed by atoms with Crippen LogP contribution >= 0.6 is 0 Å². The summed E-state index contributed by atoms with van der Waals surface area (Å²) in [6, 6.07) is 5.83. The highest BCUT2D eigenvalue weighted by atomic mass is 16.2. The SMILES string of the molecule is CC1=C2N(C)C(=O)CC[C@]2(C)[C@H]2CC[C@]3(C)[C@@H](C(=O)NCc4ccccn4)CC[C@H]3[C@@H]2C1. The fourth-order valence-electron chi connectivity index (χ4n) is 8.34. The maximum atomic E-state index is 13.3. The van der Waals surface area contributed by atoms with Crippen LogP contribution in [-0.2, 0) is 16.1 Å². The molecule has 5 heteroatoms. The first kappa shape index (κ1) is 21.7. The molecule has 2 heterocycles. The molecule has 1 saturated heterocycles. The summed E-state index contributed by atoms with van der Waals surface area (Å²) in [4.78, 5) is 32.0. The van der Waals surface area contributed by atoms with Crippen molar-refractivity contribution in [1.29, 1.82) is 0 Å². The predicted molar refractivity (Wildman–Crippen MR) is 124 cm³/mol. The minimum atomic E-state index is 0.0693. The molecule has 5 nitrogen and oxygen atoms in total. The maximum Gasteiger partial charge on any atom is 0.226 e. The number of nitrogens with one attached hydrogen (secondary N) is 1. The molecule has 32 heavy (non-hydrogen) atoms. The first-order valence-electron chi connectivity index (χ1n) is 12.4. The van der Waals surface area contributed by atoms with Crippen LogP contribution in [0.4, 0.5) is 0 Å². The van der Waals surface area contributed by atoms with Crippen molar-refractivity contribution in [2.45, 2.75) is 72.3 Å². The number of hydrogen-bond donors (Lipinski definition) is 1. The topological polar surface area (TPSA) is 62.3 Å². The van der Waals surface area contributed by atoms with Gasteiger partial charge in [-0.25, -0.2) is 0 Å². The standard InChI is InChI=1S/C27H37N3O2/c1-17-15-19-20-8-9-22(25(32)29-16-18-7-5-6-14-28-18)26(20,2)12-10-21(19)27(3)13-11-23(31)30(4)24(17)27/h5-7,14,19-22H,8-13,15-16H2,1-4H3,(H,29,32)/t19-,20-,21-,22+,26-,27+/m0/s1. The number of rotatable bonds is 3. The first-order valence-corrected chi connectivity index (χ1v) is 12.4. The fourth-order valence-corrected chi connectivity index (χ4v) is 8.34. The Labute approximate surface area is 192 Å². The van der Waals surface area contributed by atoms with Gasteiger partial charge in [0.2, 0.25) is 11.8 Å². The molecule has 2 saturated carbocycles. The van der Waals surface area contributed by atoms with Crippen molar-refractivity contribution in [3.05, 3.63) is 41.4 Å². The lowest BCUT2D eigenvalue weighted by Gasteiger charge is -2.59. The van der Waals surface area contributed by atoms with E-state index in [-0.39, 0.29) is 28.6 Å². The quantitative estimate of drug-likeness (QED) is 0.749. The third-order valence-corrected chi connectivity index (χ3v) is 9.80. The number of piperidine rings is 1. The zero-order valence-electron chi connectivity index (χ0n) is 20.0. The molecule has 1 N–H and O–H groups in total. The molecule has 0 aromatic carbocycles. The molecule has 6 atom stereocenters. The van der Waals surface area contributed by atoms with Crippen LogP contribution in [0.2, 0.25) is 0 Å². The van der Waals surface area contributed by atoms with E-state index in [1.807, 2.05) is 30.1 Å². The zero-order chi connectivity index (χ0) is 22.7. The van der Waals surface area contributed by atoms with Crippen molar-refractivity contribution < 1.29 is 9.59 Å². The van der Waals surface area contributed by atoms with E-state index in [0.717, 1.165) is 44.2 Å². The van der Waals surface area contributed by atoms with Gasteiger partial charge in [-0.15, -0.1) is 0 Å². The van der Waals surface area contributed by atoms with E-state index in [0.29, 0.717) is 30.7 Å². The number of carbonyl (C=O) groups is 2. The van der Waals surface area contributed by atoms with Crippen LogP contribution in [0.15, 0.2) is 35.7 Å². The molecule has 0 unspecified atom stereocenters. The van der Waals surface area contributed by atoms with Gasteiger partial charge < -0.3 is 10.2 Å². The van der Waals surface area contributed by atoms with Crippen LogP contribution in [0.3, 0.4) is 0 Å². The molecule has 0 bridgehead atoms. The molecule has 0 radical (unpaired) electrons. The normalized spacial score (nSPS) is 38.8. The molecular weight excluding hydrogens is 398 g/mol. The minimum absolute atomic E-state index is 0.0693.